The summed E-state index contributed by atoms with van der Waals surface area (Å²) in [5, 5.41) is 14.5. The maximum Gasteiger partial charge on any atom is 0.273 e. The molecule has 0 atom stereocenters. The van der Waals surface area contributed by atoms with Gasteiger partial charge in [0.05, 0.1) is 16.3 Å². The molecule has 1 amide bonds. The summed E-state index contributed by atoms with van der Waals surface area (Å²) in [5.41, 5.74) is 2.17. The molecular weight excluding hydrogens is 380 g/mol. The number of amides is 1. The molecule has 7 nitrogen and oxygen atoms in total. The van der Waals surface area contributed by atoms with Crippen LogP contribution in [-0.4, -0.2) is 48.5 Å². The minimum Gasteiger partial charge on any atom is -0.367 e. The van der Waals surface area contributed by atoms with Crippen molar-refractivity contribution in [3.63, 3.8) is 0 Å². The zero-order valence-electron chi connectivity index (χ0n) is 15.9. The van der Waals surface area contributed by atoms with Gasteiger partial charge in [0.1, 0.15) is 0 Å². The number of likely N-dealkylation sites (N-methyl/N-ethyl adjacent to an activating group) is 1. The first kappa shape index (κ1) is 20.1. The third-order valence-corrected chi connectivity index (χ3v) is 5.27. The number of aryl methyl sites for hydroxylation is 1. The maximum atomic E-state index is 12.7. The highest BCUT2D eigenvalue weighted by Gasteiger charge is 2.21. The van der Waals surface area contributed by atoms with Crippen molar-refractivity contribution >= 4 is 34.6 Å². The van der Waals surface area contributed by atoms with Crippen LogP contribution in [-0.2, 0) is 0 Å². The Morgan fingerprint density at radius 3 is 2.54 bits per heavy atom. The Bertz CT molecular complexity index is 895. The van der Waals surface area contributed by atoms with Gasteiger partial charge in [-0.2, -0.15) is 0 Å². The summed E-state index contributed by atoms with van der Waals surface area (Å²) in [4.78, 5) is 28.0. The van der Waals surface area contributed by atoms with Gasteiger partial charge in [0.15, 0.2) is 0 Å². The molecule has 8 heteroatoms. The molecule has 2 aromatic carbocycles. The first-order chi connectivity index (χ1) is 13.4. The molecule has 1 N–H and O–H groups in total. The average Bonchev–Trinajstić information content (AvgIpc) is 2.68. The Morgan fingerprint density at radius 2 is 1.89 bits per heavy atom. The van der Waals surface area contributed by atoms with E-state index < -0.39 is 10.8 Å². The normalized spacial score (nSPS) is 14.8. The molecule has 3 rings (SSSR count). The lowest BCUT2D eigenvalue weighted by Crippen LogP contribution is -2.46. The SMILES string of the molecule is CCN1CCN(c2ccc(Cl)cc2NC(=O)c2ccc(C)c([N+](=O)[O-])c2)CC1. The maximum absolute atomic E-state index is 12.7. The van der Waals surface area contributed by atoms with Gasteiger partial charge in [0, 0.05) is 48.4 Å². The van der Waals surface area contributed by atoms with Crippen molar-refractivity contribution in [2.45, 2.75) is 13.8 Å². The van der Waals surface area contributed by atoms with Crippen molar-refractivity contribution in [2.75, 3.05) is 42.9 Å². The minimum absolute atomic E-state index is 0.0744. The van der Waals surface area contributed by atoms with Gasteiger partial charge in [0.2, 0.25) is 0 Å². The monoisotopic (exact) mass is 402 g/mol. The number of nitro groups is 1. The number of rotatable bonds is 5. The average molecular weight is 403 g/mol. The van der Waals surface area contributed by atoms with Gasteiger partial charge in [-0.25, -0.2) is 0 Å². The Morgan fingerprint density at radius 1 is 1.18 bits per heavy atom. The summed E-state index contributed by atoms with van der Waals surface area (Å²) >= 11 is 6.15. The van der Waals surface area contributed by atoms with Crippen LogP contribution in [0.5, 0.6) is 0 Å². The van der Waals surface area contributed by atoms with Crippen LogP contribution in [0.2, 0.25) is 5.02 Å². The van der Waals surface area contributed by atoms with Gasteiger partial charge in [-0.1, -0.05) is 24.6 Å². The molecule has 1 aliphatic heterocycles. The molecule has 0 unspecified atom stereocenters. The fraction of sp³-hybridized carbons (Fsp3) is 0.350. The van der Waals surface area contributed by atoms with Crippen molar-refractivity contribution in [3.05, 3.63) is 62.7 Å². The van der Waals surface area contributed by atoms with Crippen LogP contribution in [0.3, 0.4) is 0 Å². The molecule has 148 valence electrons. The van der Waals surface area contributed by atoms with E-state index in [2.05, 4.69) is 22.0 Å². The number of hydrogen-bond acceptors (Lipinski definition) is 5. The molecule has 0 spiro atoms. The Kier molecular flexibility index (Phi) is 6.16. The highest BCUT2D eigenvalue weighted by atomic mass is 35.5. The number of nitrogens with zero attached hydrogens (tertiary/aromatic N) is 3. The topological polar surface area (TPSA) is 78.7 Å². The predicted molar refractivity (Wildman–Crippen MR) is 112 cm³/mol. The van der Waals surface area contributed by atoms with Crippen LogP contribution in [0.25, 0.3) is 0 Å². The zero-order valence-corrected chi connectivity index (χ0v) is 16.7. The van der Waals surface area contributed by atoms with Gasteiger partial charge in [-0.15, -0.1) is 0 Å². The van der Waals surface area contributed by atoms with Crippen LogP contribution in [0, 0.1) is 17.0 Å². The molecule has 0 bridgehead atoms. The van der Waals surface area contributed by atoms with Crippen LogP contribution in [0.1, 0.15) is 22.8 Å². The number of nitrogens with one attached hydrogen (secondary N) is 1. The van der Waals surface area contributed by atoms with Crippen molar-refractivity contribution in [2.24, 2.45) is 0 Å². The number of benzene rings is 2. The summed E-state index contributed by atoms with van der Waals surface area (Å²) < 4.78 is 0. The molecule has 2 aromatic rings. The second kappa shape index (κ2) is 8.58. The van der Waals surface area contributed by atoms with Gasteiger partial charge in [0.25, 0.3) is 11.6 Å². The Labute approximate surface area is 169 Å². The molecule has 0 aliphatic carbocycles. The van der Waals surface area contributed by atoms with Crippen molar-refractivity contribution in [3.8, 4) is 0 Å². The van der Waals surface area contributed by atoms with E-state index in [0.717, 1.165) is 38.4 Å². The van der Waals surface area contributed by atoms with E-state index >= 15 is 0 Å². The fourth-order valence-electron chi connectivity index (χ4n) is 3.33. The number of anilines is 2. The van der Waals surface area contributed by atoms with Gasteiger partial charge in [-0.3, -0.25) is 14.9 Å². The third-order valence-electron chi connectivity index (χ3n) is 5.04. The van der Waals surface area contributed by atoms with Crippen LogP contribution >= 0.6 is 11.6 Å². The van der Waals surface area contributed by atoms with Gasteiger partial charge in [-0.05, 0) is 37.7 Å². The second-order valence-electron chi connectivity index (χ2n) is 6.80. The van der Waals surface area contributed by atoms with E-state index in [4.69, 9.17) is 11.6 Å². The highest BCUT2D eigenvalue weighted by Crippen LogP contribution is 2.31. The van der Waals surface area contributed by atoms with E-state index in [-0.39, 0.29) is 11.3 Å². The number of halogens is 1. The Hall–Kier alpha value is -2.64. The van der Waals surface area contributed by atoms with Gasteiger partial charge >= 0.3 is 0 Å². The molecule has 1 aliphatic rings. The lowest BCUT2D eigenvalue weighted by molar-refractivity contribution is -0.385. The quantitative estimate of drug-likeness (QED) is 0.605. The summed E-state index contributed by atoms with van der Waals surface area (Å²) in [5.74, 6) is -0.404. The first-order valence-electron chi connectivity index (χ1n) is 9.22. The first-order valence-corrected chi connectivity index (χ1v) is 9.60. The van der Waals surface area contributed by atoms with Crippen LogP contribution in [0.15, 0.2) is 36.4 Å². The Balaban J connectivity index is 1.84. The number of carbonyl (C=O) groups is 1. The zero-order chi connectivity index (χ0) is 20.3. The van der Waals surface area contributed by atoms with E-state index in [9.17, 15) is 14.9 Å². The minimum atomic E-state index is -0.482. The van der Waals surface area contributed by atoms with E-state index in [1.54, 1.807) is 31.2 Å². The van der Waals surface area contributed by atoms with Crippen molar-refractivity contribution in [1.29, 1.82) is 0 Å². The summed E-state index contributed by atoms with van der Waals surface area (Å²) in [6, 6.07) is 9.88. The number of nitro benzene ring substituents is 1. The molecular formula is C20H23ClN4O3. The largest absolute Gasteiger partial charge is 0.367 e. The molecule has 1 heterocycles. The summed E-state index contributed by atoms with van der Waals surface area (Å²) in [6.45, 7) is 8.43. The van der Waals surface area contributed by atoms with E-state index in [1.807, 2.05) is 6.07 Å². The molecule has 0 saturated carbocycles. The molecule has 1 fully saturated rings. The molecule has 0 aromatic heterocycles. The standard InChI is InChI=1S/C20H23ClN4O3/c1-3-23-8-10-24(11-9-23)18-7-6-16(21)13-17(18)22-20(26)15-5-4-14(2)19(12-15)25(27)28/h4-7,12-13H,3,8-11H2,1-2H3,(H,22,26). The summed E-state index contributed by atoms with van der Waals surface area (Å²) in [7, 11) is 0. The molecule has 1 saturated heterocycles. The number of hydrogen-bond donors (Lipinski definition) is 1. The lowest BCUT2D eigenvalue weighted by Gasteiger charge is -2.36. The lowest BCUT2D eigenvalue weighted by atomic mass is 10.1. The van der Waals surface area contributed by atoms with Crippen molar-refractivity contribution < 1.29 is 9.72 Å². The smallest absolute Gasteiger partial charge is 0.273 e. The van der Waals surface area contributed by atoms with Gasteiger partial charge < -0.3 is 15.1 Å². The summed E-state index contributed by atoms with van der Waals surface area (Å²) in [6.07, 6.45) is 0. The third kappa shape index (κ3) is 4.43. The van der Waals surface area contributed by atoms with Crippen LogP contribution < -0.4 is 10.2 Å². The highest BCUT2D eigenvalue weighted by molar-refractivity contribution is 6.31. The number of piperazine rings is 1. The fourth-order valence-corrected chi connectivity index (χ4v) is 3.50. The van der Waals surface area contributed by atoms with E-state index in [0.29, 0.717) is 16.3 Å². The number of carbonyl (C=O) groups excluding carboxylic acids is 1. The van der Waals surface area contributed by atoms with Crippen LogP contribution in [0.4, 0.5) is 17.1 Å². The second-order valence-corrected chi connectivity index (χ2v) is 7.23. The predicted octanol–water partition coefficient (Wildman–Crippen LogP) is 3.95. The molecule has 28 heavy (non-hydrogen) atoms. The van der Waals surface area contributed by atoms with E-state index in [1.165, 1.54) is 6.07 Å². The van der Waals surface area contributed by atoms with Crippen molar-refractivity contribution in [1.82, 2.24) is 4.90 Å². The molecule has 0 radical (unpaired) electrons.